The fourth-order valence-electron chi connectivity index (χ4n) is 0. The van der Waals surface area contributed by atoms with Gasteiger partial charge in [0.2, 0.25) is 0 Å². The van der Waals surface area contributed by atoms with Crippen LogP contribution in [0.3, 0.4) is 0 Å². The molecule has 0 aliphatic rings. The number of hydrogen-bond donors (Lipinski definition) is 1. The van der Waals surface area contributed by atoms with Gasteiger partial charge in [-0.15, -0.1) is 0 Å². The molecule has 0 spiro atoms. The number of halogens is 4. The standard InChI is InChI=1S/C3H8O.C2F4/c1-2-3-4;3-1(4)2(5)6/h4H,2-3H2,1H3;. The Morgan fingerprint density at radius 2 is 1.30 bits per heavy atom. The molecule has 10 heavy (non-hydrogen) atoms. The van der Waals surface area contributed by atoms with Crippen molar-refractivity contribution in [2.45, 2.75) is 13.3 Å². The van der Waals surface area contributed by atoms with Gasteiger partial charge in [-0.2, -0.15) is 17.6 Å². The number of hydrogen-bond acceptors (Lipinski definition) is 1. The highest BCUT2D eigenvalue weighted by molar-refractivity contribution is 4.77. The summed E-state index contributed by atoms with van der Waals surface area (Å²) in [4.78, 5) is 0. The molecule has 0 rings (SSSR count). The molecular formula is C5H8F4O. The van der Waals surface area contributed by atoms with Crippen molar-refractivity contribution in [1.82, 2.24) is 0 Å². The van der Waals surface area contributed by atoms with E-state index in [-0.39, 0.29) is 0 Å². The van der Waals surface area contributed by atoms with Gasteiger partial charge in [0.05, 0.1) is 0 Å². The highest BCUT2D eigenvalue weighted by Crippen LogP contribution is 2.08. The molecule has 0 fully saturated rings. The second-order valence-electron chi connectivity index (χ2n) is 1.24. The van der Waals surface area contributed by atoms with Gasteiger partial charge in [0.1, 0.15) is 0 Å². The predicted molar refractivity (Wildman–Crippen MR) is 28.8 cm³/mol. The largest absolute Gasteiger partial charge is 0.396 e. The molecule has 0 bridgehead atoms. The summed E-state index contributed by atoms with van der Waals surface area (Å²) in [5.74, 6) is 0. The molecule has 0 aliphatic heterocycles. The van der Waals surface area contributed by atoms with Crippen LogP contribution in [0.2, 0.25) is 0 Å². The molecule has 0 aromatic carbocycles. The lowest BCUT2D eigenvalue weighted by Crippen LogP contribution is -1.69. The van der Waals surface area contributed by atoms with Crippen molar-refractivity contribution in [3.8, 4) is 0 Å². The van der Waals surface area contributed by atoms with Crippen molar-refractivity contribution >= 4 is 0 Å². The minimum absolute atomic E-state index is 0.319. The maximum Gasteiger partial charge on any atom is 0.334 e. The first-order valence-corrected chi connectivity index (χ1v) is 2.53. The lowest BCUT2D eigenvalue weighted by Gasteiger charge is -1.69. The van der Waals surface area contributed by atoms with E-state index in [0.717, 1.165) is 6.42 Å². The van der Waals surface area contributed by atoms with E-state index >= 15 is 0 Å². The van der Waals surface area contributed by atoms with Crippen LogP contribution in [0.5, 0.6) is 0 Å². The van der Waals surface area contributed by atoms with Gasteiger partial charge in [-0.1, -0.05) is 6.92 Å². The van der Waals surface area contributed by atoms with E-state index in [4.69, 9.17) is 5.11 Å². The Kier molecular flexibility index (Phi) is 10.2. The third kappa shape index (κ3) is 15.7. The average Bonchev–Trinajstić information content (AvgIpc) is 1.89. The first-order chi connectivity index (χ1) is 4.56. The molecule has 0 aliphatic carbocycles. The quantitative estimate of drug-likeness (QED) is 0.584. The molecule has 0 saturated carbocycles. The minimum atomic E-state index is -2.91. The highest BCUT2D eigenvalue weighted by atomic mass is 19.3. The molecule has 0 aromatic heterocycles. The van der Waals surface area contributed by atoms with Crippen LogP contribution in [0.15, 0.2) is 12.2 Å². The Hall–Kier alpha value is -0.580. The van der Waals surface area contributed by atoms with Crippen LogP contribution in [0, 0.1) is 0 Å². The topological polar surface area (TPSA) is 20.2 Å². The molecule has 5 heteroatoms. The lowest BCUT2D eigenvalue weighted by atomic mass is 10.5. The van der Waals surface area contributed by atoms with Crippen molar-refractivity contribution in [2.24, 2.45) is 0 Å². The van der Waals surface area contributed by atoms with Crippen molar-refractivity contribution in [2.75, 3.05) is 6.61 Å². The molecule has 0 atom stereocenters. The smallest absolute Gasteiger partial charge is 0.334 e. The van der Waals surface area contributed by atoms with E-state index in [0.29, 0.717) is 6.61 Å². The van der Waals surface area contributed by atoms with Crippen LogP contribution in [0.25, 0.3) is 0 Å². The molecular weight excluding hydrogens is 152 g/mol. The molecule has 1 nitrogen and oxygen atoms in total. The lowest BCUT2D eigenvalue weighted by molar-refractivity contribution is 0.295. The first kappa shape index (κ1) is 12.1. The maximum absolute atomic E-state index is 10.3. The van der Waals surface area contributed by atoms with Crippen molar-refractivity contribution in [3.63, 3.8) is 0 Å². The van der Waals surface area contributed by atoms with Gasteiger partial charge in [0.15, 0.2) is 0 Å². The Labute approximate surface area is 56.0 Å². The van der Waals surface area contributed by atoms with Crippen molar-refractivity contribution in [1.29, 1.82) is 0 Å². The normalized spacial score (nSPS) is 7.80. The van der Waals surface area contributed by atoms with Crippen LogP contribution in [0.1, 0.15) is 13.3 Å². The second kappa shape index (κ2) is 8.42. The SMILES string of the molecule is CCCO.FC(F)=C(F)F. The third-order valence-electron chi connectivity index (χ3n) is 0.366. The Balaban J connectivity index is 0. The fraction of sp³-hybridized carbons (Fsp3) is 0.600. The summed E-state index contributed by atoms with van der Waals surface area (Å²) in [6.45, 7) is 2.25. The predicted octanol–water partition coefficient (Wildman–Crippen LogP) is 2.38. The summed E-state index contributed by atoms with van der Waals surface area (Å²) in [6, 6.07) is 0. The van der Waals surface area contributed by atoms with Gasteiger partial charge in [0, 0.05) is 6.61 Å². The summed E-state index contributed by atoms with van der Waals surface area (Å²) in [7, 11) is 0. The van der Waals surface area contributed by atoms with Crippen molar-refractivity contribution in [3.05, 3.63) is 12.2 Å². The second-order valence-corrected chi connectivity index (χ2v) is 1.24. The summed E-state index contributed by atoms with van der Waals surface area (Å²) < 4.78 is 41.1. The molecule has 0 radical (unpaired) electrons. The molecule has 1 N–H and O–H groups in total. The summed E-state index contributed by atoms with van der Waals surface area (Å²) in [5.41, 5.74) is 0. The zero-order chi connectivity index (χ0) is 8.57. The molecule has 62 valence electrons. The first-order valence-electron chi connectivity index (χ1n) is 2.53. The van der Waals surface area contributed by atoms with Gasteiger partial charge in [-0.05, 0) is 6.42 Å². The fourth-order valence-corrected chi connectivity index (χ4v) is 0. The molecule has 0 amide bonds. The minimum Gasteiger partial charge on any atom is -0.396 e. The van der Waals surface area contributed by atoms with Crippen LogP contribution in [-0.4, -0.2) is 11.7 Å². The molecule has 0 heterocycles. The van der Waals surface area contributed by atoms with Gasteiger partial charge >= 0.3 is 12.2 Å². The van der Waals surface area contributed by atoms with Crippen LogP contribution in [-0.2, 0) is 0 Å². The number of rotatable bonds is 1. The van der Waals surface area contributed by atoms with Crippen LogP contribution in [0.4, 0.5) is 17.6 Å². The number of aliphatic hydroxyl groups is 1. The molecule has 0 saturated heterocycles. The van der Waals surface area contributed by atoms with E-state index < -0.39 is 12.2 Å². The summed E-state index contributed by atoms with van der Waals surface area (Å²) >= 11 is 0. The average molecular weight is 160 g/mol. The van der Waals surface area contributed by atoms with Crippen molar-refractivity contribution < 1.29 is 22.7 Å². The summed E-state index contributed by atoms with van der Waals surface area (Å²) in [5, 5.41) is 7.88. The van der Waals surface area contributed by atoms with Gasteiger partial charge in [-0.3, -0.25) is 0 Å². The Morgan fingerprint density at radius 1 is 1.10 bits per heavy atom. The number of aliphatic hydroxyl groups excluding tert-OH is 1. The van der Waals surface area contributed by atoms with E-state index in [1.807, 2.05) is 6.92 Å². The monoisotopic (exact) mass is 160 g/mol. The maximum atomic E-state index is 10.3. The Bertz CT molecular complexity index is 81.8. The zero-order valence-corrected chi connectivity index (χ0v) is 5.37. The highest BCUT2D eigenvalue weighted by Gasteiger charge is 1.98. The summed E-state index contributed by atoms with van der Waals surface area (Å²) in [6.07, 6.45) is -4.94. The molecule has 0 aromatic rings. The van der Waals surface area contributed by atoms with Crippen LogP contribution >= 0.6 is 0 Å². The van der Waals surface area contributed by atoms with Gasteiger partial charge < -0.3 is 5.11 Å². The van der Waals surface area contributed by atoms with E-state index in [1.54, 1.807) is 0 Å². The van der Waals surface area contributed by atoms with E-state index in [1.165, 1.54) is 0 Å². The molecule has 0 unspecified atom stereocenters. The van der Waals surface area contributed by atoms with E-state index in [9.17, 15) is 17.6 Å². The zero-order valence-electron chi connectivity index (χ0n) is 5.37. The Morgan fingerprint density at radius 3 is 1.30 bits per heavy atom. The van der Waals surface area contributed by atoms with Gasteiger partial charge in [0.25, 0.3) is 0 Å². The van der Waals surface area contributed by atoms with Gasteiger partial charge in [-0.25, -0.2) is 0 Å². The van der Waals surface area contributed by atoms with E-state index in [2.05, 4.69) is 0 Å². The van der Waals surface area contributed by atoms with Crippen LogP contribution < -0.4 is 0 Å². The third-order valence-corrected chi connectivity index (χ3v) is 0.366.